The van der Waals surface area contributed by atoms with Crippen LogP contribution in [0.5, 0.6) is 11.5 Å². The van der Waals surface area contributed by atoms with Gasteiger partial charge in [0.25, 0.3) is 11.7 Å². The number of nitrogens with zero attached hydrogens (tertiary/aromatic N) is 1. The summed E-state index contributed by atoms with van der Waals surface area (Å²) in [7, 11) is 0. The summed E-state index contributed by atoms with van der Waals surface area (Å²) >= 11 is 6.33. The number of ketones is 1. The molecule has 1 fully saturated rings. The molecule has 1 atom stereocenters. The second-order valence-corrected chi connectivity index (χ2v) is 7.99. The Balaban J connectivity index is 2.19. The van der Waals surface area contributed by atoms with Gasteiger partial charge in [-0.05, 0) is 49.2 Å². The molecule has 1 N–H and O–H groups in total. The lowest BCUT2D eigenvalue weighted by atomic mass is 9.95. The van der Waals surface area contributed by atoms with Crippen LogP contribution in [0.25, 0.3) is 5.76 Å². The minimum Gasteiger partial charge on any atom is -0.507 e. The molecular formula is C25H26ClNO6. The monoisotopic (exact) mass is 471 g/mol. The van der Waals surface area contributed by atoms with E-state index in [9.17, 15) is 19.5 Å². The van der Waals surface area contributed by atoms with E-state index < -0.39 is 23.7 Å². The van der Waals surface area contributed by atoms with Crippen LogP contribution in [0, 0.1) is 0 Å². The van der Waals surface area contributed by atoms with Crippen LogP contribution in [0.2, 0.25) is 5.02 Å². The van der Waals surface area contributed by atoms with Gasteiger partial charge >= 0.3 is 5.97 Å². The van der Waals surface area contributed by atoms with Crippen molar-refractivity contribution in [1.82, 2.24) is 4.90 Å². The van der Waals surface area contributed by atoms with Crippen molar-refractivity contribution in [2.24, 2.45) is 0 Å². The smallest absolute Gasteiger partial charge is 0.308 e. The van der Waals surface area contributed by atoms with E-state index in [0.29, 0.717) is 30.9 Å². The highest BCUT2D eigenvalue weighted by atomic mass is 35.5. The molecular weight excluding hydrogens is 446 g/mol. The van der Waals surface area contributed by atoms with Crippen LogP contribution in [-0.4, -0.2) is 40.8 Å². The first-order valence-electron chi connectivity index (χ1n) is 10.8. The number of hydrogen-bond donors (Lipinski definition) is 1. The van der Waals surface area contributed by atoms with Gasteiger partial charge in [0.15, 0.2) is 0 Å². The molecule has 1 unspecified atom stereocenters. The number of unbranched alkanes of at least 4 members (excludes halogenated alkanes) is 1. The molecule has 174 valence electrons. The second kappa shape index (κ2) is 10.5. The minimum atomic E-state index is -0.862. The molecule has 1 aliphatic heterocycles. The summed E-state index contributed by atoms with van der Waals surface area (Å²) in [6, 6.07) is 10.5. The van der Waals surface area contributed by atoms with Crippen molar-refractivity contribution < 1.29 is 29.0 Å². The molecule has 0 spiro atoms. The molecule has 2 aromatic rings. The highest BCUT2D eigenvalue weighted by molar-refractivity contribution is 6.47. The number of aliphatic hydroxyl groups is 1. The van der Waals surface area contributed by atoms with Crippen molar-refractivity contribution >= 4 is 35.0 Å². The highest BCUT2D eigenvalue weighted by Crippen LogP contribution is 2.42. The Bertz CT molecular complexity index is 1110. The number of carbonyl (C=O) groups is 3. The number of ether oxygens (including phenoxy) is 2. The van der Waals surface area contributed by atoms with E-state index in [1.165, 1.54) is 17.9 Å². The van der Waals surface area contributed by atoms with Gasteiger partial charge in [0.2, 0.25) is 0 Å². The van der Waals surface area contributed by atoms with Gasteiger partial charge in [0.1, 0.15) is 17.3 Å². The van der Waals surface area contributed by atoms with Crippen LogP contribution in [0.15, 0.2) is 48.0 Å². The number of halogens is 1. The lowest BCUT2D eigenvalue weighted by Crippen LogP contribution is -2.30. The van der Waals surface area contributed by atoms with Gasteiger partial charge in [-0.25, -0.2) is 0 Å². The average molecular weight is 472 g/mol. The Hall–Kier alpha value is -3.32. The van der Waals surface area contributed by atoms with Crippen molar-refractivity contribution in [1.29, 1.82) is 0 Å². The molecule has 0 aliphatic carbocycles. The maximum Gasteiger partial charge on any atom is 0.308 e. The van der Waals surface area contributed by atoms with Crippen molar-refractivity contribution in [2.45, 2.75) is 39.7 Å². The largest absolute Gasteiger partial charge is 0.507 e. The zero-order chi connectivity index (χ0) is 24.1. The first kappa shape index (κ1) is 24.3. The zero-order valence-corrected chi connectivity index (χ0v) is 19.5. The molecule has 0 radical (unpaired) electrons. The van der Waals surface area contributed by atoms with Crippen LogP contribution in [0.4, 0.5) is 0 Å². The van der Waals surface area contributed by atoms with E-state index in [1.54, 1.807) is 36.4 Å². The zero-order valence-electron chi connectivity index (χ0n) is 18.8. The number of amides is 1. The van der Waals surface area contributed by atoms with Gasteiger partial charge in [-0.15, -0.1) is 0 Å². The average Bonchev–Trinajstić information content (AvgIpc) is 3.03. The third-order valence-corrected chi connectivity index (χ3v) is 5.56. The van der Waals surface area contributed by atoms with E-state index in [-0.39, 0.29) is 27.7 Å². The van der Waals surface area contributed by atoms with Crippen molar-refractivity contribution in [3.63, 3.8) is 0 Å². The third kappa shape index (κ3) is 5.20. The standard InChI is InChI=1S/C25H26ClNO6/c1-4-6-12-27-22(16-8-7-9-18(13-16)33-15(3)28)21(24(30)25(27)31)23(29)19-14-17(32-5-2)10-11-20(19)26/h7-11,13-14,22,29H,4-6,12H2,1-3H3/b23-21+. The Morgan fingerprint density at radius 2 is 1.88 bits per heavy atom. The summed E-state index contributed by atoms with van der Waals surface area (Å²) < 4.78 is 10.7. The predicted octanol–water partition coefficient (Wildman–Crippen LogP) is 4.89. The van der Waals surface area contributed by atoms with Crippen molar-refractivity contribution in [3.8, 4) is 11.5 Å². The number of carbonyl (C=O) groups excluding carboxylic acids is 3. The van der Waals surface area contributed by atoms with Crippen molar-refractivity contribution in [3.05, 3.63) is 64.2 Å². The maximum atomic E-state index is 13.1. The van der Waals surface area contributed by atoms with E-state index in [4.69, 9.17) is 21.1 Å². The minimum absolute atomic E-state index is 0.0772. The molecule has 1 amide bonds. The fourth-order valence-electron chi connectivity index (χ4n) is 3.79. The molecule has 1 saturated heterocycles. The number of likely N-dealkylation sites (tertiary alicyclic amines) is 1. The van der Waals surface area contributed by atoms with Crippen LogP contribution < -0.4 is 9.47 Å². The summed E-state index contributed by atoms with van der Waals surface area (Å²) in [6.07, 6.45) is 1.49. The summed E-state index contributed by atoms with van der Waals surface area (Å²) in [5, 5.41) is 11.4. The van der Waals surface area contributed by atoms with Gasteiger partial charge in [-0.3, -0.25) is 14.4 Å². The first-order chi connectivity index (χ1) is 15.8. The summed E-state index contributed by atoms with van der Waals surface area (Å²) in [5.74, 6) is -1.64. The summed E-state index contributed by atoms with van der Waals surface area (Å²) in [6.45, 7) is 5.82. The Morgan fingerprint density at radius 1 is 1.12 bits per heavy atom. The molecule has 0 bridgehead atoms. The molecule has 1 heterocycles. The number of benzene rings is 2. The molecule has 8 heteroatoms. The van der Waals surface area contributed by atoms with Gasteiger partial charge in [0.05, 0.1) is 23.2 Å². The Kier molecular flexibility index (Phi) is 7.76. The van der Waals surface area contributed by atoms with Crippen LogP contribution in [-0.2, 0) is 14.4 Å². The predicted molar refractivity (Wildman–Crippen MR) is 124 cm³/mol. The number of hydrogen-bond acceptors (Lipinski definition) is 6. The fourth-order valence-corrected chi connectivity index (χ4v) is 3.99. The number of rotatable bonds is 8. The number of aliphatic hydroxyl groups excluding tert-OH is 1. The molecule has 0 saturated carbocycles. The van der Waals surface area contributed by atoms with E-state index in [2.05, 4.69) is 0 Å². The first-order valence-corrected chi connectivity index (χ1v) is 11.2. The summed E-state index contributed by atoms with van der Waals surface area (Å²) in [4.78, 5) is 38.9. The molecule has 7 nitrogen and oxygen atoms in total. The SMILES string of the molecule is CCCCN1C(=O)C(=O)/C(=C(/O)c2cc(OCC)ccc2Cl)C1c1cccc(OC(C)=O)c1. The normalized spacial score (nSPS) is 17.3. The quantitative estimate of drug-likeness (QED) is 0.194. The highest BCUT2D eigenvalue weighted by Gasteiger charge is 2.46. The molecule has 3 rings (SSSR count). The topological polar surface area (TPSA) is 93.1 Å². The van der Waals surface area contributed by atoms with Gasteiger partial charge in [-0.2, -0.15) is 0 Å². The van der Waals surface area contributed by atoms with Crippen LogP contribution in [0.1, 0.15) is 50.8 Å². The van der Waals surface area contributed by atoms with E-state index >= 15 is 0 Å². The van der Waals surface area contributed by atoms with Gasteiger partial charge in [-0.1, -0.05) is 37.1 Å². The Morgan fingerprint density at radius 3 is 2.55 bits per heavy atom. The molecule has 33 heavy (non-hydrogen) atoms. The number of Topliss-reactive ketones (excluding diaryl/α,β-unsaturated/α-hetero) is 1. The fraction of sp³-hybridized carbons (Fsp3) is 0.320. The molecule has 0 aromatic heterocycles. The van der Waals surface area contributed by atoms with Gasteiger partial charge in [0, 0.05) is 19.0 Å². The molecule has 2 aromatic carbocycles. The lowest BCUT2D eigenvalue weighted by molar-refractivity contribution is -0.139. The third-order valence-electron chi connectivity index (χ3n) is 5.23. The molecule has 1 aliphatic rings. The number of esters is 1. The van der Waals surface area contributed by atoms with E-state index in [0.717, 1.165) is 6.42 Å². The van der Waals surface area contributed by atoms with Crippen LogP contribution >= 0.6 is 11.6 Å². The maximum absolute atomic E-state index is 13.1. The van der Waals surface area contributed by atoms with Gasteiger partial charge < -0.3 is 19.5 Å². The lowest BCUT2D eigenvalue weighted by Gasteiger charge is -2.25. The second-order valence-electron chi connectivity index (χ2n) is 7.59. The van der Waals surface area contributed by atoms with Crippen molar-refractivity contribution in [2.75, 3.05) is 13.2 Å². The summed E-state index contributed by atoms with van der Waals surface area (Å²) in [5.41, 5.74) is 0.645. The van der Waals surface area contributed by atoms with E-state index in [1.807, 2.05) is 13.8 Å². The van der Waals surface area contributed by atoms with Crippen LogP contribution in [0.3, 0.4) is 0 Å². The Labute approximate surface area is 197 Å².